The minimum Gasteiger partial charge on any atom is -0.456 e. The highest BCUT2D eigenvalue weighted by Crippen LogP contribution is 2.50. The fourth-order valence-corrected chi connectivity index (χ4v) is 6.46. The SMILES string of the molecule is C[C@@H](O)[C@H]1C(=O)N2C(C(=O)OCc3ccc([N+](=O)[O-])cc3)=C(SCCc3nccn3-c3ccccc3)[C@H](C)[C@H]12. The Morgan fingerprint density at radius 1 is 1.21 bits per heavy atom. The van der Waals surface area contributed by atoms with Gasteiger partial charge in [-0.1, -0.05) is 25.1 Å². The standard InChI is InChI=1S/C28H28N4O6S/c1-17-24-23(18(2)33)27(34)31(24)25(28(35)38-16-19-8-10-21(11-9-19)32(36)37)26(17)39-15-12-22-29-13-14-30(22)20-6-4-3-5-7-20/h3-11,13-14,17-18,23-24,33H,12,15-16H2,1-2H3/t17-,18-,23-,24-/m1/s1. The first-order chi connectivity index (χ1) is 18.8. The third-order valence-corrected chi connectivity index (χ3v) is 8.44. The normalized spacial score (nSPS) is 20.9. The van der Waals surface area contributed by atoms with Crippen molar-refractivity contribution in [1.29, 1.82) is 0 Å². The summed E-state index contributed by atoms with van der Waals surface area (Å²) in [4.78, 5) is 43.4. The molecule has 4 atom stereocenters. The summed E-state index contributed by atoms with van der Waals surface area (Å²) in [6, 6.07) is 15.3. The average Bonchev–Trinajstić information content (AvgIpc) is 3.49. The summed E-state index contributed by atoms with van der Waals surface area (Å²) in [6.45, 7) is 3.46. The lowest BCUT2D eigenvalue weighted by Gasteiger charge is -2.46. The lowest BCUT2D eigenvalue weighted by molar-refractivity contribution is -0.384. The largest absolute Gasteiger partial charge is 0.456 e. The van der Waals surface area contributed by atoms with Crippen molar-refractivity contribution in [3.05, 3.63) is 99.1 Å². The number of nitro benzene ring substituents is 1. The lowest BCUT2D eigenvalue weighted by atomic mass is 9.79. The molecule has 0 aliphatic carbocycles. The second-order valence-corrected chi connectivity index (χ2v) is 10.8. The third kappa shape index (κ3) is 5.07. The first kappa shape index (κ1) is 26.6. The Morgan fingerprint density at radius 2 is 1.92 bits per heavy atom. The van der Waals surface area contributed by atoms with E-state index in [0.717, 1.165) is 16.4 Å². The molecule has 3 aromatic rings. The topological polar surface area (TPSA) is 128 Å². The maximum atomic E-state index is 13.3. The quantitative estimate of drug-likeness (QED) is 0.175. The second-order valence-electron chi connectivity index (χ2n) is 9.61. The maximum absolute atomic E-state index is 13.3. The molecule has 1 saturated heterocycles. The van der Waals surface area contributed by atoms with Crippen LogP contribution in [-0.4, -0.2) is 54.3 Å². The van der Waals surface area contributed by atoms with E-state index in [1.165, 1.54) is 40.9 Å². The lowest BCUT2D eigenvalue weighted by Crippen LogP contribution is -2.63. The molecular formula is C28H28N4O6S. The van der Waals surface area contributed by atoms with E-state index in [1.807, 2.05) is 48.0 Å². The van der Waals surface area contributed by atoms with Gasteiger partial charge in [-0.25, -0.2) is 9.78 Å². The molecule has 0 saturated carbocycles. The molecule has 1 N–H and O–H groups in total. The Bertz CT molecular complexity index is 1420. The van der Waals surface area contributed by atoms with Crippen LogP contribution in [0.2, 0.25) is 0 Å². The number of benzene rings is 2. The van der Waals surface area contributed by atoms with Gasteiger partial charge >= 0.3 is 5.97 Å². The molecule has 0 bridgehead atoms. The highest BCUT2D eigenvalue weighted by molar-refractivity contribution is 8.03. The van der Waals surface area contributed by atoms with Crippen LogP contribution in [0.5, 0.6) is 0 Å². The van der Waals surface area contributed by atoms with Crippen molar-refractivity contribution in [2.24, 2.45) is 11.8 Å². The van der Waals surface area contributed by atoms with Crippen LogP contribution < -0.4 is 0 Å². The molecule has 0 unspecified atom stereocenters. The summed E-state index contributed by atoms with van der Waals surface area (Å²) in [5, 5.41) is 21.1. The van der Waals surface area contributed by atoms with Crippen LogP contribution in [-0.2, 0) is 27.4 Å². The number of non-ortho nitro benzene ring substituents is 1. The van der Waals surface area contributed by atoms with Crippen molar-refractivity contribution in [2.45, 2.75) is 39.0 Å². The van der Waals surface area contributed by atoms with Crippen LogP contribution in [0.1, 0.15) is 25.2 Å². The van der Waals surface area contributed by atoms with Gasteiger partial charge in [-0.3, -0.25) is 14.9 Å². The number of β-lactam (4-membered cyclic amide) rings is 1. The summed E-state index contributed by atoms with van der Waals surface area (Å²) >= 11 is 1.50. The number of fused-ring (bicyclic) bond motifs is 1. The van der Waals surface area contributed by atoms with Gasteiger partial charge in [-0.15, -0.1) is 11.8 Å². The van der Waals surface area contributed by atoms with Crippen LogP contribution in [0, 0.1) is 22.0 Å². The van der Waals surface area contributed by atoms with Crippen molar-refractivity contribution in [1.82, 2.24) is 14.5 Å². The Balaban J connectivity index is 1.33. The molecule has 0 spiro atoms. The van der Waals surface area contributed by atoms with Crippen molar-refractivity contribution >= 4 is 29.3 Å². The number of aromatic nitrogens is 2. The third-order valence-electron chi connectivity index (χ3n) is 7.15. The number of rotatable bonds is 10. The molecule has 5 rings (SSSR count). The van der Waals surface area contributed by atoms with Crippen molar-refractivity contribution in [3.63, 3.8) is 0 Å². The van der Waals surface area contributed by atoms with E-state index in [0.29, 0.717) is 17.7 Å². The smallest absolute Gasteiger partial charge is 0.356 e. The van der Waals surface area contributed by atoms with Gasteiger partial charge in [-0.2, -0.15) is 0 Å². The molecule has 2 aliphatic heterocycles. The molecule has 1 aromatic heterocycles. The summed E-state index contributed by atoms with van der Waals surface area (Å²) in [7, 11) is 0. The van der Waals surface area contributed by atoms with Crippen molar-refractivity contribution in [3.8, 4) is 5.69 Å². The van der Waals surface area contributed by atoms with Crippen molar-refractivity contribution < 1.29 is 24.4 Å². The zero-order chi connectivity index (χ0) is 27.7. The van der Waals surface area contributed by atoms with Crippen LogP contribution in [0.4, 0.5) is 5.69 Å². The predicted molar refractivity (Wildman–Crippen MR) is 145 cm³/mol. The number of aliphatic hydroxyl groups is 1. The minimum atomic E-state index is -0.832. The van der Waals surface area contributed by atoms with Gasteiger partial charge in [0.25, 0.3) is 5.69 Å². The molecular weight excluding hydrogens is 520 g/mol. The van der Waals surface area contributed by atoms with Crippen LogP contribution in [0.15, 0.2) is 77.6 Å². The predicted octanol–water partition coefficient (Wildman–Crippen LogP) is 3.87. The molecule has 1 amide bonds. The first-order valence-electron chi connectivity index (χ1n) is 12.6. The molecule has 11 heteroatoms. The number of thioether (sulfide) groups is 1. The van der Waals surface area contributed by atoms with Gasteiger partial charge in [0.15, 0.2) is 0 Å². The number of para-hydroxylation sites is 1. The molecule has 0 radical (unpaired) electrons. The molecule has 39 heavy (non-hydrogen) atoms. The molecule has 1 fully saturated rings. The van der Waals surface area contributed by atoms with Crippen molar-refractivity contribution in [2.75, 3.05) is 5.75 Å². The summed E-state index contributed by atoms with van der Waals surface area (Å²) in [5.41, 5.74) is 1.76. The number of esters is 1. The van der Waals surface area contributed by atoms with E-state index in [4.69, 9.17) is 4.74 Å². The number of carbonyl (C=O) groups is 2. The minimum absolute atomic E-state index is 0.0535. The number of ether oxygens (including phenoxy) is 1. The number of nitro groups is 1. The Kier molecular flexibility index (Phi) is 7.53. The van der Waals surface area contributed by atoms with Gasteiger partial charge in [0.05, 0.1) is 23.0 Å². The number of hydrogen-bond acceptors (Lipinski definition) is 8. The van der Waals surface area contributed by atoms with Gasteiger partial charge in [0.1, 0.15) is 18.1 Å². The van der Waals surface area contributed by atoms with Gasteiger partial charge < -0.3 is 19.3 Å². The molecule has 10 nitrogen and oxygen atoms in total. The van der Waals surface area contributed by atoms with E-state index in [2.05, 4.69) is 4.98 Å². The van der Waals surface area contributed by atoms with E-state index in [9.17, 15) is 24.8 Å². The molecule has 3 heterocycles. The number of aliphatic hydroxyl groups excluding tert-OH is 1. The van der Waals surface area contributed by atoms with E-state index >= 15 is 0 Å². The fraction of sp³-hybridized carbons (Fsp3) is 0.321. The molecule has 202 valence electrons. The highest BCUT2D eigenvalue weighted by atomic mass is 32.2. The van der Waals surface area contributed by atoms with Gasteiger partial charge in [-0.05, 0) is 36.8 Å². The number of carbonyl (C=O) groups excluding carboxylic acids is 2. The Morgan fingerprint density at radius 3 is 2.59 bits per heavy atom. The number of nitrogens with zero attached hydrogens (tertiary/aromatic N) is 4. The average molecular weight is 549 g/mol. The highest BCUT2D eigenvalue weighted by Gasteiger charge is 2.60. The summed E-state index contributed by atoms with van der Waals surface area (Å²) in [5.74, 6) is -0.150. The molecule has 2 aliphatic rings. The van der Waals surface area contributed by atoms with E-state index in [1.54, 1.807) is 13.1 Å². The Labute approximate surface area is 229 Å². The Hall–Kier alpha value is -3.96. The summed E-state index contributed by atoms with van der Waals surface area (Å²) < 4.78 is 7.58. The number of aryl methyl sites for hydroxylation is 1. The van der Waals surface area contributed by atoms with E-state index in [-0.39, 0.29) is 35.9 Å². The monoisotopic (exact) mass is 548 g/mol. The fourth-order valence-electron chi connectivity index (χ4n) is 5.23. The maximum Gasteiger partial charge on any atom is 0.356 e. The van der Waals surface area contributed by atoms with Crippen LogP contribution in [0.25, 0.3) is 5.69 Å². The zero-order valence-corrected chi connectivity index (χ0v) is 22.3. The first-order valence-corrected chi connectivity index (χ1v) is 13.6. The number of imidazole rings is 1. The van der Waals surface area contributed by atoms with E-state index < -0.39 is 22.9 Å². The number of amides is 1. The zero-order valence-electron chi connectivity index (χ0n) is 21.5. The van der Waals surface area contributed by atoms with Gasteiger partial charge in [0.2, 0.25) is 5.91 Å². The van der Waals surface area contributed by atoms with Crippen LogP contribution in [0.3, 0.4) is 0 Å². The summed E-state index contributed by atoms with van der Waals surface area (Å²) in [6.07, 6.45) is 3.46. The molecule has 2 aromatic carbocycles. The second kappa shape index (κ2) is 11.0. The van der Waals surface area contributed by atoms with Crippen LogP contribution >= 0.6 is 11.8 Å². The number of hydrogen-bond donors (Lipinski definition) is 1. The van der Waals surface area contributed by atoms with Gasteiger partial charge in [0, 0.05) is 53.2 Å².